The number of amides is 4. The zero-order valence-electron chi connectivity index (χ0n) is 38.9. The van der Waals surface area contributed by atoms with Gasteiger partial charge in [0.25, 0.3) is 0 Å². The van der Waals surface area contributed by atoms with Crippen molar-refractivity contribution in [3.05, 3.63) is 35.9 Å². The summed E-state index contributed by atoms with van der Waals surface area (Å²) in [6.07, 6.45) is 1.04. The molecule has 340 valence electrons. The van der Waals surface area contributed by atoms with Crippen molar-refractivity contribution in [3.8, 4) is 0 Å². The number of esters is 1. The first-order valence-electron chi connectivity index (χ1n) is 22.2. The second-order valence-electron chi connectivity index (χ2n) is 18.6. The summed E-state index contributed by atoms with van der Waals surface area (Å²) in [7, 11) is 4.85. The highest BCUT2D eigenvalue weighted by Gasteiger charge is 2.44. The Balaban J connectivity index is 1.80. The van der Waals surface area contributed by atoms with Gasteiger partial charge in [0.05, 0.1) is 42.7 Å². The maximum absolute atomic E-state index is 14.5. The highest BCUT2D eigenvalue weighted by molar-refractivity contribution is 5.90. The molecule has 0 bridgehead atoms. The largest absolute Gasteiger partial charge is 0.458 e. The molecule has 1 aromatic carbocycles. The minimum absolute atomic E-state index is 0.00551. The maximum Gasteiger partial charge on any atom is 0.329 e. The van der Waals surface area contributed by atoms with Gasteiger partial charge in [-0.1, -0.05) is 85.2 Å². The summed E-state index contributed by atoms with van der Waals surface area (Å²) < 4.78 is 17.8. The summed E-state index contributed by atoms with van der Waals surface area (Å²) in [6, 6.07) is 6.53. The minimum Gasteiger partial charge on any atom is -0.458 e. The van der Waals surface area contributed by atoms with Gasteiger partial charge in [-0.15, -0.1) is 0 Å². The molecule has 9 atom stereocenters. The number of likely N-dealkylation sites (tertiary alicyclic amines) is 1. The first-order chi connectivity index (χ1) is 28.3. The molecule has 60 heavy (non-hydrogen) atoms. The number of nitrogens with one attached hydrogen (secondary N) is 3. The average molecular weight is 843 g/mol. The van der Waals surface area contributed by atoms with Crippen LogP contribution in [0.1, 0.15) is 100 Å². The first kappa shape index (κ1) is 50.8. The third-order valence-electron chi connectivity index (χ3n) is 12.2. The number of hydrogen-bond acceptors (Lipinski definition) is 10. The van der Waals surface area contributed by atoms with Crippen molar-refractivity contribution in [3.63, 3.8) is 0 Å². The Morgan fingerprint density at radius 3 is 2.05 bits per heavy atom. The Hall–Kier alpha value is -3.59. The molecule has 0 aliphatic carbocycles. The number of likely N-dealkylation sites (N-methyl/N-ethyl adjacent to an activating group) is 1. The summed E-state index contributed by atoms with van der Waals surface area (Å²) >= 11 is 0. The third kappa shape index (κ3) is 14.0. The normalized spacial score (nSPS) is 20.4. The van der Waals surface area contributed by atoms with Gasteiger partial charge in [-0.2, -0.15) is 0 Å². The number of piperazine rings is 1. The molecule has 2 saturated heterocycles. The van der Waals surface area contributed by atoms with Crippen molar-refractivity contribution in [2.24, 2.45) is 23.7 Å². The van der Waals surface area contributed by atoms with Crippen LogP contribution in [0.15, 0.2) is 30.3 Å². The van der Waals surface area contributed by atoms with E-state index in [1.807, 2.05) is 65.0 Å². The first-order valence-corrected chi connectivity index (χ1v) is 22.2. The van der Waals surface area contributed by atoms with E-state index in [0.717, 1.165) is 44.6 Å². The zero-order valence-corrected chi connectivity index (χ0v) is 38.9. The lowest BCUT2D eigenvalue weighted by atomic mass is 9.89. The summed E-state index contributed by atoms with van der Waals surface area (Å²) in [5.74, 6) is -2.33. The number of carbonyl (C=O) groups excluding carboxylic acids is 5. The van der Waals surface area contributed by atoms with E-state index < -0.39 is 53.9 Å². The smallest absolute Gasteiger partial charge is 0.329 e. The van der Waals surface area contributed by atoms with Gasteiger partial charge in [0.15, 0.2) is 0 Å². The fourth-order valence-corrected chi connectivity index (χ4v) is 8.85. The lowest BCUT2D eigenvalue weighted by molar-refractivity contribution is -0.159. The van der Waals surface area contributed by atoms with Crippen molar-refractivity contribution in [2.75, 3.05) is 54.0 Å². The third-order valence-corrected chi connectivity index (χ3v) is 12.2. The van der Waals surface area contributed by atoms with E-state index in [9.17, 15) is 24.0 Å². The summed E-state index contributed by atoms with van der Waals surface area (Å²) in [5.41, 5.74) is 0.134. The molecule has 2 aliphatic heterocycles. The van der Waals surface area contributed by atoms with Crippen LogP contribution in [-0.2, 0) is 44.6 Å². The Bertz CT molecular complexity index is 1530. The predicted molar refractivity (Wildman–Crippen MR) is 234 cm³/mol. The highest BCUT2D eigenvalue weighted by Crippen LogP contribution is 2.30. The van der Waals surface area contributed by atoms with Crippen LogP contribution in [0.5, 0.6) is 0 Å². The highest BCUT2D eigenvalue weighted by atomic mass is 16.6. The standard InChI is InChI=1S/C46H78N6O8/c1-14-31(6)40(50(11)44(56)38(29(2)3)49-43(55)39(30(4)5)51-25-22-47-23-26-51)36(58-12)28-37(53)52-24-18-21-35(52)41(59-13)32(7)42(54)48-34(45(57)60-46(8,9)10)27-33-19-16-15-17-20-33/h15-17,19-20,29-32,34-36,38-41,47H,14,18,21-28H2,1-13H3,(H,48,54)(H,49,55)/t31-,32+,34-,35-,36?,38-,39-,40-,41+/m0/s1. The number of nitrogens with zero attached hydrogens (tertiary/aromatic N) is 3. The van der Waals surface area contributed by atoms with E-state index >= 15 is 0 Å². The summed E-state index contributed by atoms with van der Waals surface area (Å²) in [4.78, 5) is 75.7. The van der Waals surface area contributed by atoms with Crippen LogP contribution in [-0.4, -0.2) is 146 Å². The molecule has 1 unspecified atom stereocenters. The second-order valence-corrected chi connectivity index (χ2v) is 18.6. The Morgan fingerprint density at radius 2 is 1.52 bits per heavy atom. The number of rotatable bonds is 21. The van der Waals surface area contributed by atoms with Gasteiger partial charge in [-0.3, -0.25) is 24.1 Å². The van der Waals surface area contributed by atoms with E-state index in [0.29, 0.717) is 13.0 Å². The molecule has 0 radical (unpaired) electrons. The van der Waals surface area contributed by atoms with Gasteiger partial charge in [0.1, 0.15) is 17.7 Å². The van der Waals surface area contributed by atoms with Gasteiger partial charge in [0, 0.05) is 60.4 Å². The molecule has 0 aromatic heterocycles. The molecule has 2 aliphatic rings. The predicted octanol–water partition coefficient (Wildman–Crippen LogP) is 4.05. The fourth-order valence-electron chi connectivity index (χ4n) is 8.85. The zero-order chi connectivity index (χ0) is 44.9. The van der Waals surface area contributed by atoms with Crippen molar-refractivity contribution >= 4 is 29.6 Å². The lowest BCUT2D eigenvalue weighted by Crippen LogP contribution is -2.61. The van der Waals surface area contributed by atoms with E-state index in [2.05, 4.69) is 27.8 Å². The number of hydrogen-bond donors (Lipinski definition) is 3. The Labute approximate surface area is 360 Å². The van der Waals surface area contributed by atoms with Crippen LogP contribution < -0.4 is 16.0 Å². The molecular weight excluding hydrogens is 765 g/mol. The molecule has 3 rings (SSSR count). The SMILES string of the molecule is CC[C@H](C)[C@@H](C(CC(=O)N1CCC[C@H]1[C@H](OC)[C@@H](C)C(=O)N[C@@H](Cc1ccccc1)C(=O)OC(C)(C)C)OC)N(C)C(=O)[C@@H](NC(=O)[C@H](C(C)C)N1CCNCC1)C(C)C. The van der Waals surface area contributed by atoms with Crippen molar-refractivity contribution in [2.45, 2.75) is 149 Å². The monoisotopic (exact) mass is 843 g/mol. The Kier molecular flexibility index (Phi) is 19.9. The van der Waals surface area contributed by atoms with E-state index in [1.54, 1.807) is 58.8 Å². The van der Waals surface area contributed by atoms with Crippen molar-refractivity contribution in [1.29, 1.82) is 0 Å². The van der Waals surface area contributed by atoms with E-state index in [4.69, 9.17) is 14.2 Å². The van der Waals surface area contributed by atoms with Gasteiger partial charge in [-0.25, -0.2) is 4.79 Å². The van der Waals surface area contributed by atoms with E-state index in [1.165, 1.54) is 0 Å². The summed E-state index contributed by atoms with van der Waals surface area (Å²) in [6.45, 7) is 22.8. The minimum atomic E-state index is -0.924. The Morgan fingerprint density at radius 1 is 0.883 bits per heavy atom. The van der Waals surface area contributed by atoms with Gasteiger partial charge < -0.3 is 40.0 Å². The van der Waals surface area contributed by atoms with Crippen LogP contribution in [0.4, 0.5) is 0 Å². The maximum atomic E-state index is 14.5. The van der Waals surface area contributed by atoms with Crippen molar-refractivity contribution in [1.82, 2.24) is 30.7 Å². The molecule has 4 amide bonds. The molecule has 14 nitrogen and oxygen atoms in total. The summed E-state index contributed by atoms with van der Waals surface area (Å²) in [5, 5.41) is 9.42. The molecule has 3 N–H and O–H groups in total. The average Bonchev–Trinajstić information content (AvgIpc) is 3.68. The molecular formula is C46H78N6O8. The fraction of sp³-hybridized carbons (Fsp3) is 0.761. The molecule has 0 saturated carbocycles. The van der Waals surface area contributed by atoms with Crippen LogP contribution in [0.3, 0.4) is 0 Å². The van der Waals surface area contributed by atoms with Gasteiger partial charge in [0.2, 0.25) is 23.6 Å². The number of ether oxygens (including phenoxy) is 3. The molecule has 2 heterocycles. The number of carbonyl (C=O) groups is 5. The molecule has 1 aromatic rings. The van der Waals surface area contributed by atoms with Crippen LogP contribution >= 0.6 is 0 Å². The van der Waals surface area contributed by atoms with Crippen LogP contribution in [0.2, 0.25) is 0 Å². The van der Waals surface area contributed by atoms with Crippen molar-refractivity contribution < 1.29 is 38.2 Å². The molecule has 0 spiro atoms. The van der Waals surface area contributed by atoms with E-state index in [-0.39, 0.29) is 60.3 Å². The van der Waals surface area contributed by atoms with Crippen LogP contribution in [0, 0.1) is 23.7 Å². The number of methoxy groups -OCH3 is 2. The molecule has 14 heteroatoms. The topological polar surface area (TPSA) is 159 Å². The lowest BCUT2D eigenvalue weighted by Gasteiger charge is -2.41. The molecule has 2 fully saturated rings. The quantitative estimate of drug-likeness (QED) is 0.154. The van der Waals surface area contributed by atoms with Gasteiger partial charge in [-0.05, 0) is 56.9 Å². The van der Waals surface area contributed by atoms with Gasteiger partial charge >= 0.3 is 5.97 Å². The second kappa shape index (κ2) is 23.6. The van der Waals surface area contributed by atoms with Crippen LogP contribution in [0.25, 0.3) is 0 Å². The number of benzene rings is 1.